The van der Waals surface area contributed by atoms with Crippen molar-refractivity contribution in [3.8, 4) is 0 Å². The minimum absolute atomic E-state index is 0.139. The Labute approximate surface area is 90.0 Å². The summed E-state index contributed by atoms with van der Waals surface area (Å²) in [6.07, 6.45) is 1.18. The lowest BCUT2D eigenvalue weighted by molar-refractivity contribution is -0.0490. The fraction of sp³-hybridized carbons (Fsp3) is 1.00. The van der Waals surface area contributed by atoms with Crippen LogP contribution in [0.4, 0.5) is 0 Å². The first-order chi connectivity index (χ1) is 6.93. The van der Waals surface area contributed by atoms with Gasteiger partial charge >= 0.3 is 0 Å². The van der Waals surface area contributed by atoms with Crippen molar-refractivity contribution in [1.29, 1.82) is 0 Å². The summed E-state index contributed by atoms with van der Waals surface area (Å²) in [6, 6.07) is -0.297. The molecule has 6 heteroatoms. The second kappa shape index (κ2) is 3.69. The molecule has 2 rings (SSSR count). The Bertz CT molecular complexity index is 323. The molecule has 15 heavy (non-hydrogen) atoms. The molecule has 2 fully saturated rings. The third-order valence-electron chi connectivity index (χ3n) is 3.59. The Kier molecular flexibility index (Phi) is 2.79. The minimum Gasteiger partial charge on any atom is -0.386 e. The summed E-state index contributed by atoms with van der Waals surface area (Å²) in [5.74, 6) is 0.574. The number of sulfone groups is 1. The molecule has 0 aliphatic carbocycles. The van der Waals surface area contributed by atoms with Crippen molar-refractivity contribution in [2.75, 3.05) is 24.6 Å². The van der Waals surface area contributed by atoms with Crippen molar-refractivity contribution in [2.24, 2.45) is 11.7 Å². The van der Waals surface area contributed by atoms with Crippen LogP contribution in [0.2, 0.25) is 0 Å². The van der Waals surface area contributed by atoms with Crippen molar-refractivity contribution in [3.63, 3.8) is 0 Å². The molecule has 0 radical (unpaired) electrons. The minimum atomic E-state index is -2.84. The molecule has 0 aromatic carbocycles. The zero-order valence-corrected chi connectivity index (χ0v) is 9.46. The van der Waals surface area contributed by atoms with Gasteiger partial charge in [0, 0.05) is 19.1 Å². The number of aliphatic hydroxyl groups is 1. The van der Waals surface area contributed by atoms with Gasteiger partial charge in [-0.05, 0) is 18.8 Å². The first kappa shape index (κ1) is 11.3. The van der Waals surface area contributed by atoms with Crippen molar-refractivity contribution >= 4 is 9.84 Å². The smallest absolute Gasteiger partial charge is 0.150 e. The van der Waals surface area contributed by atoms with Crippen LogP contribution in [-0.4, -0.2) is 49.8 Å². The Hall–Kier alpha value is -0.170. The van der Waals surface area contributed by atoms with Crippen molar-refractivity contribution < 1.29 is 13.5 Å². The molecule has 2 aliphatic heterocycles. The van der Waals surface area contributed by atoms with Gasteiger partial charge in [-0.2, -0.15) is 0 Å². The van der Waals surface area contributed by atoms with Crippen LogP contribution in [0.25, 0.3) is 0 Å². The Morgan fingerprint density at radius 1 is 1.33 bits per heavy atom. The van der Waals surface area contributed by atoms with Crippen LogP contribution >= 0.6 is 0 Å². The molecule has 4 N–H and O–H groups in total. The second-order valence-corrected chi connectivity index (χ2v) is 7.03. The van der Waals surface area contributed by atoms with Crippen molar-refractivity contribution in [3.05, 3.63) is 0 Å². The van der Waals surface area contributed by atoms with Gasteiger partial charge in [-0.3, -0.25) is 0 Å². The molecular formula is C9H18N2O3S. The molecule has 2 aliphatic rings. The highest BCUT2D eigenvalue weighted by atomic mass is 32.2. The average Bonchev–Trinajstić information content (AvgIpc) is 2.13. The molecule has 0 aromatic rings. The standard InChI is InChI=1S/C9H18N2O3S/c10-8(9(12)5-11-6-9)7-1-3-15(13,14)4-2-7/h7-8,11-12H,1-6,10H2. The number of nitrogens with one attached hydrogen (secondary N) is 1. The number of nitrogens with two attached hydrogens (primary N) is 1. The van der Waals surface area contributed by atoms with Gasteiger partial charge in [0.05, 0.1) is 11.5 Å². The largest absolute Gasteiger partial charge is 0.386 e. The van der Waals surface area contributed by atoms with E-state index in [4.69, 9.17) is 5.73 Å². The Morgan fingerprint density at radius 2 is 1.87 bits per heavy atom. The van der Waals surface area contributed by atoms with Crippen molar-refractivity contribution in [2.45, 2.75) is 24.5 Å². The van der Waals surface area contributed by atoms with Gasteiger partial charge in [0.1, 0.15) is 15.4 Å². The number of hydrogen-bond acceptors (Lipinski definition) is 5. The summed E-state index contributed by atoms with van der Waals surface area (Å²) in [5.41, 5.74) is 5.18. The molecule has 0 aromatic heterocycles. The molecule has 2 heterocycles. The van der Waals surface area contributed by atoms with E-state index >= 15 is 0 Å². The molecule has 0 amide bonds. The van der Waals surface area contributed by atoms with E-state index in [9.17, 15) is 13.5 Å². The highest BCUT2D eigenvalue weighted by molar-refractivity contribution is 7.91. The number of hydrogen-bond donors (Lipinski definition) is 3. The fourth-order valence-corrected chi connectivity index (χ4v) is 3.85. The molecule has 1 atom stereocenters. The summed E-state index contributed by atoms with van der Waals surface area (Å²) < 4.78 is 22.5. The highest BCUT2D eigenvalue weighted by Gasteiger charge is 2.44. The zero-order valence-electron chi connectivity index (χ0n) is 8.65. The van der Waals surface area contributed by atoms with Crippen LogP contribution in [0.3, 0.4) is 0 Å². The van der Waals surface area contributed by atoms with Crippen LogP contribution in [0.5, 0.6) is 0 Å². The summed E-state index contributed by atoms with van der Waals surface area (Å²) in [6.45, 7) is 1.05. The molecule has 0 bridgehead atoms. The maximum Gasteiger partial charge on any atom is 0.150 e. The van der Waals surface area contributed by atoms with Crippen LogP contribution < -0.4 is 11.1 Å². The first-order valence-electron chi connectivity index (χ1n) is 5.32. The maximum absolute atomic E-state index is 11.2. The summed E-state index contributed by atoms with van der Waals surface area (Å²) in [5, 5.41) is 13.0. The summed E-state index contributed by atoms with van der Waals surface area (Å²) >= 11 is 0. The first-order valence-corrected chi connectivity index (χ1v) is 7.14. The molecular weight excluding hydrogens is 216 g/mol. The van der Waals surface area contributed by atoms with Gasteiger partial charge in [-0.25, -0.2) is 8.42 Å². The van der Waals surface area contributed by atoms with E-state index in [1.807, 2.05) is 0 Å². The van der Waals surface area contributed by atoms with Crippen LogP contribution in [0, 0.1) is 5.92 Å². The maximum atomic E-state index is 11.2. The zero-order chi connectivity index (χ0) is 11.1. The van der Waals surface area contributed by atoms with E-state index in [-0.39, 0.29) is 23.5 Å². The van der Waals surface area contributed by atoms with Gasteiger partial charge < -0.3 is 16.2 Å². The van der Waals surface area contributed by atoms with E-state index < -0.39 is 15.4 Å². The quantitative estimate of drug-likeness (QED) is 0.539. The van der Waals surface area contributed by atoms with Gasteiger partial charge in [0.25, 0.3) is 0 Å². The van der Waals surface area contributed by atoms with Gasteiger partial charge in [0.2, 0.25) is 0 Å². The second-order valence-electron chi connectivity index (χ2n) is 4.72. The van der Waals surface area contributed by atoms with E-state index in [1.165, 1.54) is 0 Å². The molecule has 88 valence electrons. The van der Waals surface area contributed by atoms with E-state index in [2.05, 4.69) is 5.32 Å². The molecule has 5 nitrogen and oxygen atoms in total. The molecule has 0 saturated carbocycles. The molecule has 0 spiro atoms. The lowest BCUT2D eigenvalue weighted by Gasteiger charge is -2.46. The topological polar surface area (TPSA) is 92.4 Å². The lowest BCUT2D eigenvalue weighted by atomic mass is 9.78. The number of β-amino-alcohol motifs (C(OH)–C–C–N with tert-alkyl or cyclic N) is 1. The van der Waals surface area contributed by atoms with Gasteiger partial charge in [-0.1, -0.05) is 0 Å². The summed E-state index contributed by atoms with van der Waals surface area (Å²) in [4.78, 5) is 0. The van der Waals surface area contributed by atoms with Crippen LogP contribution in [0.15, 0.2) is 0 Å². The molecule has 1 unspecified atom stereocenters. The van der Waals surface area contributed by atoms with E-state index in [0.29, 0.717) is 25.9 Å². The fourth-order valence-electron chi connectivity index (χ4n) is 2.32. The predicted molar refractivity (Wildman–Crippen MR) is 57.2 cm³/mol. The normalized spacial score (nSPS) is 31.9. The van der Waals surface area contributed by atoms with Crippen molar-refractivity contribution in [1.82, 2.24) is 5.32 Å². The molecule has 2 saturated heterocycles. The summed E-state index contributed by atoms with van der Waals surface area (Å²) in [7, 11) is -2.84. The average molecular weight is 234 g/mol. The van der Waals surface area contributed by atoms with E-state index in [1.54, 1.807) is 0 Å². The van der Waals surface area contributed by atoms with Crippen LogP contribution in [-0.2, 0) is 9.84 Å². The lowest BCUT2D eigenvalue weighted by Crippen LogP contribution is -2.70. The highest BCUT2D eigenvalue weighted by Crippen LogP contribution is 2.28. The van der Waals surface area contributed by atoms with E-state index in [0.717, 1.165) is 0 Å². The Balaban J connectivity index is 1.95. The third kappa shape index (κ3) is 2.18. The number of rotatable bonds is 2. The third-order valence-corrected chi connectivity index (χ3v) is 5.31. The predicted octanol–water partition coefficient (Wildman–Crippen LogP) is -1.53. The Morgan fingerprint density at radius 3 is 2.27 bits per heavy atom. The van der Waals surface area contributed by atoms with Gasteiger partial charge in [-0.15, -0.1) is 0 Å². The SMILES string of the molecule is NC(C1CCS(=O)(=O)CC1)C1(O)CNC1. The van der Waals surface area contributed by atoms with Gasteiger partial charge in [0.15, 0.2) is 0 Å². The monoisotopic (exact) mass is 234 g/mol. The van der Waals surface area contributed by atoms with Crippen LogP contribution in [0.1, 0.15) is 12.8 Å².